The molecule has 0 amide bonds. The second kappa shape index (κ2) is 6.81. The minimum atomic E-state index is -0.481. The number of nitriles is 1. The minimum absolute atomic E-state index is 0.0553. The smallest absolute Gasteiger partial charge is 0.270 e. The molecule has 1 fully saturated rings. The van der Waals surface area contributed by atoms with Crippen LogP contribution >= 0.6 is 0 Å². The molecule has 0 aliphatic heterocycles. The van der Waals surface area contributed by atoms with Crippen LogP contribution < -0.4 is 5.32 Å². The van der Waals surface area contributed by atoms with Gasteiger partial charge in [0.1, 0.15) is 5.82 Å². The van der Waals surface area contributed by atoms with Gasteiger partial charge in [0.25, 0.3) is 5.69 Å². The van der Waals surface area contributed by atoms with E-state index in [0.29, 0.717) is 28.2 Å². The van der Waals surface area contributed by atoms with Crippen LogP contribution in [0.4, 0.5) is 11.5 Å². The van der Waals surface area contributed by atoms with Crippen LogP contribution in [0.5, 0.6) is 0 Å². The number of hydrogen-bond donors (Lipinski definition) is 2. The molecule has 2 unspecified atom stereocenters. The number of nitro groups is 1. The number of nitrogens with one attached hydrogen (secondary N) is 1. The van der Waals surface area contributed by atoms with Crippen LogP contribution in [-0.4, -0.2) is 27.7 Å². The summed E-state index contributed by atoms with van der Waals surface area (Å²) in [6.45, 7) is 0.168. The Bertz CT molecular complexity index is 815. The van der Waals surface area contributed by atoms with Gasteiger partial charge in [-0.2, -0.15) is 5.26 Å². The number of aromatic nitrogens is 1. The maximum atomic E-state index is 10.9. The van der Waals surface area contributed by atoms with Crippen LogP contribution in [0.25, 0.3) is 10.9 Å². The van der Waals surface area contributed by atoms with Gasteiger partial charge in [-0.05, 0) is 37.3 Å². The van der Waals surface area contributed by atoms with Gasteiger partial charge in [-0.15, -0.1) is 0 Å². The molecular formula is C17H18N4O3. The summed E-state index contributed by atoms with van der Waals surface area (Å²) in [6.07, 6.45) is 3.94. The molecule has 7 nitrogen and oxygen atoms in total. The van der Waals surface area contributed by atoms with Gasteiger partial charge < -0.3 is 10.4 Å². The Morgan fingerprint density at radius 1 is 1.42 bits per heavy atom. The molecule has 7 heteroatoms. The van der Waals surface area contributed by atoms with Crippen molar-refractivity contribution in [1.29, 1.82) is 5.26 Å². The predicted molar refractivity (Wildman–Crippen MR) is 89.6 cm³/mol. The van der Waals surface area contributed by atoms with Gasteiger partial charge in [-0.25, -0.2) is 4.98 Å². The van der Waals surface area contributed by atoms with Gasteiger partial charge in [0.2, 0.25) is 0 Å². The van der Waals surface area contributed by atoms with Crippen molar-refractivity contribution in [2.45, 2.75) is 31.7 Å². The Hall–Kier alpha value is -2.72. The average Bonchev–Trinajstić information content (AvgIpc) is 3.01. The first-order chi connectivity index (χ1) is 11.6. The van der Waals surface area contributed by atoms with Gasteiger partial charge in [0.05, 0.1) is 22.1 Å². The number of nitro benzene ring substituents is 1. The summed E-state index contributed by atoms with van der Waals surface area (Å²) in [6, 6.07) is 8.31. The standard InChI is InChI=1S/C17H18N4O3/c18-10-12-8-17(19-15-3-1-2-11(15)6-7-22)20-16-5-4-13(21(23)24)9-14(12)16/h4-5,8-9,11,15,22H,1-3,6-7H2,(H,19,20). The van der Waals surface area contributed by atoms with Crippen LogP contribution in [0, 0.1) is 27.4 Å². The third-order valence-corrected chi connectivity index (χ3v) is 4.62. The summed E-state index contributed by atoms with van der Waals surface area (Å²) in [7, 11) is 0. The summed E-state index contributed by atoms with van der Waals surface area (Å²) in [5.74, 6) is 0.998. The van der Waals surface area contributed by atoms with E-state index in [1.54, 1.807) is 12.1 Å². The van der Waals surface area contributed by atoms with Crippen molar-refractivity contribution >= 4 is 22.4 Å². The zero-order valence-electron chi connectivity index (χ0n) is 13.1. The second-order valence-electron chi connectivity index (χ2n) is 6.08. The van der Waals surface area contributed by atoms with E-state index in [9.17, 15) is 15.4 Å². The van der Waals surface area contributed by atoms with E-state index < -0.39 is 4.92 Å². The highest BCUT2D eigenvalue weighted by Crippen LogP contribution is 2.31. The van der Waals surface area contributed by atoms with Gasteiger partial charge in [-0.1, -0.05) is 6.42 Å². The lowest BCUT2D eigenvalue weighted by molar-refractivity contribution is -0.384. The van der Waals surface area contributed by atoms with Crippen molar-refractivity contribution < 1.29 is 10.0 Å². The molecule has 0 radical (unpaired) electrons. The third-order valence-electron chi connectivity index (χ3n) is 4.62. The van der Waals surface area contributed by atoms with Crippen LogP contribution in [-0.2, 0) is 0 Å². The van der Waals surface area contributed by atoms with Crippen LogP contribution in [0.1, 0.15) is 31.2 Å². The fraction of sp³-hybridized carbons (Fsp3) is 0.412. The fourth-order valence-electron chi connectivity index (χ4n) is 3.42. The molecule has 24 heavy (non-hydrogen) atoms. The van der Waals surface area contributed by atoms with E-state index in [1.165, 1.54) is 12.1 Å². The third kappa shape index (κ3) is 3.14. The number of pyridine rings is 1. The van der Waals surface area contributed by atoms with Crippen molar-refractivity contribution in [3.8, 4) is 6.07 Å². The van der Waals surface area contributed by atoms with Gasteiger partial charge >= 0.3 is 0 Å². The van der Waals surface area contributed by atoms with Crippen molar-refractivity contribution in [2.75, 3.05) is 11.9 Å². The van der Waals surface area contributed by atoms with Gasteiger partial charge in [-0.3, -0.25) is 10.1 Å². The summed E-state index contributed by atoms with van der Waals surface area (Å²) in [5.41, 5.74) is 0.863. The highest BCUT2D eigenvalue weighted by molar-refractivity contribution is 5.88. The Labute approximate surface area is 139 Å². The average molecular weight is 326 g/mol. The number of nitrogens with zero attached hydrogens (tertiary/aromatic N) is 3. The van der Waals surface area contributed by atoms with Crippen LogP contribution in [0.3, 0.4) is 0 Å². The monoisotopic (exact) mass is 326 g/mol. The number of non-ortho nitro benzene ring substituents is 1. The van der Waals surface area contributed by atoms with Crippen molar-refractivity contribution in [3.63, 3.8) is 0 Å². The minimum Gasteiger partial charge on any atom is -0.396 e. The number of aliphatic hydroxyl groups is 1. The molecule has 124 valence electrons. The van der Waals surface area contributed by atoms with E-state index in [-0.39, 0.29) is 18.3 Å². The summed E-state index contributed by atoms with van der Waals surface area (Å²) in [5, 5.41) is 33.3. The van der Waals surface area contributed by atoms with E-state index in [4.69, 9.17) is 5.11 Å². The number of anilines is 1. The molecule has 2 N–H and O–H groups in total. The molecule has 0 spiro atoms. The summed E-state index contributed by atoms with van der Waals surface area (Å²) < 4.78 is 0. The van der Waals surface area contributed by atoms with Crippen LogP contribution in [0.15, 0.2) is 24.3 Å². The van der Waals surface area contributed by atoms with E-state index in [1.807, 2.05) is 0 Å². The van der Waals surface area contributed by atoms with Crippen molar-refractivity contribution in [1.82, 2.24) is 4.98 Å². The number of hydrogen-bond acceptors (Lipinski definition) is 6. The highest BCUT2D eigenvalue weighted by atomic mass is 16.6. The fourth-order valence-corrected chi connectivity index (χ4v) is 3.42. The lowest BCUT2D eigenvalue weighted by Gasteiger charge is -2.21. The van der Waals surface area contributed by atoms with Crippen molar-refractivity contribution in [2.24, 2.45) is 5.92 Å². The number of benzene rings is 1. The predicted octanol–water partition coefficient (Wildman–Crippen LogP) is 2.98. The molecule has 1 aromatic carbocycles. The number of aliphatic hydroxyl groups excluding tert-OH is 1. The first-order valence-corrected chi connectivity index (χ1v) is 7.99. The quantitative estimate of drug-likeness (QED) is 0.645. The van der Waals surface area contributed by atoms with Crippen molar-refractivity contribution in [3.05, 3.63) is 39.9 Å². The molecule has 1 aliphatic carbocycles. The maximum Gasteiger partial charge on any atom is 0.270 e. The summed E-state index contributed by atoms with van der Waals surface area (Å²) >= 11 is 0. The lowest BCUT2D eigenvalue weighted by Crippen LogP contribution is -2.25. The highest BCUT2D eigenvalue weighted by Gasteiger charge is 2.27. The van der Waals surface area contributed by atoms with Gasteiger partial charge in [0.15, 0.2) is 0 Å². The second-order valence-corrected chi connectivity index (χ2v) is 6.08. The lowest BCUT2D eigenvalue weighted by atomic mass is 10.00. The Balaban J connectivity index is 1.94. The van der Waals surface area contributed by atoms with Gasteiger partial charge in [0, 0.05) is 30.2 Å². The Kier molecular flexibility index (Phi) is 4.58. The van der Waals surface area contributed by atoms with Crippen LogP contribution in [0.2, 0.25) is 0 Å². The molecule has 1 aromatic heterocycles. The SMILES string of the molecule is N#Cc1cc(NC2CCCC2CCO)nc2ccc([N+](=O)[O-])cc12. The Morgan fingerprint density at radius 3 is 2.96 bits per heavy atom. The maximum absolute atomic E-state index is 10.9. The molecule has 0 saturated heterocycles. The topological polar surface area (TPSA) is 112 Å². The first-order valence-electron chi connectivity index (χ1n) is 7.99. The first kappa shape index (κ1) is 16.1. The number of fused-ring (bicyclic) bond motifs is 1. The number of rotatable bonds is 5. The molecule has 0 bridgehead atoms. The molecule has 1 aliphatic rings. The van der Waals surface area contributed by atoms with E-state index >= 15 is 0 Å². The summed E-state index contributed by atoms with van der Waals surface area (Å²) in [4.78, 5) is 14.9. The van der Waals surface area contributed by atoms with E-state index in [2.05, 4.69) is 16.4 Å². The molecule has 2 aromatic rings. The molecule has 1 heterocycles. The molecule has 3 rings (SSSR count). The molecule has 2 atom stereocenters. The van der Waals surface area contributed by atoms with E-state index in [0.717, 1.165) is 25.7 Å². The zero-order chi connectivity index (χ0) is 17.1. The molecular weight excluding hydrogens is 308 g/mol. The molecule has 1 saturated carbocycles. The Morgan fingerprint density at radius 2 is 2.25 bits per heavy atom. The normalized spacial score (nSPS) is 20.0. The largest absolute Gasteiger partial charge is 0.396 e. The zero-order valence-corrected chi connectivity index (χ0v) is 13.1.